The normalized spacial score (nSPS) is 17.8. The first-order chi connectivity index (χ1) is 14.6. The Balaban J connectivity index is 1.85. The zero-order valence-corrected chi connectivity index (χ0v) is 17.6. The fraction of sp³-hybridized carbons (Fsp3) is 0.240. The summed E-state index contributed by atoms with van der Waals surface area (Å²) in [6.45, 7) is 2.14. The molecule has 2 atom stereocenters. The fourth-order valence-corrected chi connectivity index (χ4v) is 3.75. The topological polar surface area (TPSA) is 49.3 Å². The zero-order chi connectivity index (χ0) is 21.1. The summed E-state index contributed by atoms with van der Waals surface area (Å²) in [5.41, 5.74) is 3.86. The van der Waals surface area contributed by atoms with Gasteiger partial charge in [-0.15, -0.1) is 0 Å². The van der Waals surface area contributed by atoms with Gasteiger partial charge in [0.15, 0.2) is 11.5 Å². The number of ether oxygens (including phenoxy) is 4. The number of rotatable bonds is 5. The lowest BCUT2D eigenvalue weighted by Crippen LogP contribution is -2.16. The number of aliphatic imine (C=N–C) groups is 1. The van der Waals surface area contributed by atoms with Crippen molar-refractivity contribution in [1.29, 1.82) is 0 Å². The third-order valence-electron chi connectivity index (χ3n) is 5.40. The Labute approximate surface area is 176 Å². The summed E-state index contributed by atoms with van der Waals surface area (Å²) in [5, 5.41) is 0. The molecule has 5 heteroatoms. The van der Waals surface area contributed by atoms with Crippen molar-refractivity contribution in [2.24, 2.45) is 4.99 Å². The number of fused-ring (bicyclic) bond motifs is 1. The lowest BCUT2D eigenvalue weighted by atomic mass is 9.89. The highest BCUT2D eigenvalue weighted by Gasteiger charge is 2.30. The molecule has 0 N–H and O–H groups in total. The van der Waals surface area contributed by atoms with E-state index in [4.69, 9.17) is 23.9 Å². The number of methoxy groups -OCH3 is 3. The van der Waals surface area contributed by atoms with Gasteiger partial charge in [-0.1, -0.05) is 31.2 Å². The average molecular weight is 403 g/mol. The van der Waals surface area contributed by atoms with Crippen LogP contribution in [0.4, 0.5) is 5.69 Å². The van der Waals surface area contributed by atoms with Crippen LogP contribution in [0.25, 0.3) is 0 Å². The van der Waals surface area contributed by atoms with E-state index in [2.05, 4.69) is 6.92 Å². The summed E-state index contributed by atoms with van der Waals surface area (Å²) < 4.78 is 22.9. The molecule has 0 spiro atoms. The second kappa shape index (κ2) is 8.49. The first-order valence-electron chi connectivity index (χ1n) is 9.85. The molecule has 0 aromatic heterocycles. The van der Waals surface area contributed by atoms with Gasteiger partial charge >= 0.3 is 0 Å². The predicted molar refractivity (Wildman–Crippen MR) is 117 cm³/mol. The van der Waals surface area contributed by atoms with E-state index in [0.717, 1.165) is 28.1 Å². The molecule has 0 aliphatic carbocycles. The minimum atomic E-state index is -0.267. The van der Waals surface area contributed by atoms with Crippen molar-refractivity contribution < 1.29 is 18.9 Å². The van der Waals surface area contributed by atoms with E-state index in [1.807, 2.05) is 66.7 Å². The lowest BCUT2D eigenvalue weighted by molar-refractivity contribution is 0.169. The first kappa shape index (κ1) is 19.8. The number of hydrogen-bond acceptors (Lipinski definition) is 5. The number of nitrogens with zero attached hydrogens (tertiary/aromatic N) is 1. The molecule has 3 aromatic rings. The van der Waals surface area contributed by atoms with Crippen molar-refractivity contribution >= 4 is 11.6 Å². The summed E-state index contributed by atoms with van der Waals surface area (Å²) in [4.78, 5) is 4.87. The lowest BCUT2D eigenvalue weighted by Gasteiger charge is -2.25. The van der Waals surface area contributed by atoms with Crippen LogP contribution < -0.4 is 14.2 Å². The Morgan fingerprint density at radius 1 is 0.800 bits per heavy atom. The summed E-state index contributed by atoms with van der Waals surface area (Å²) in [6, 6.07) is 21.8. The third-order valence-corrected chi connectivity index (χ3v) is 5.40. The van der Waals surface area contributed by atoms with Gasteiger partial charge in [-0.3, -0.25) is 0 Å². The van der Waals surface area contributed by atoms with Gasteiger partial charge in [-0.05, 0) is 53.6 Å². The van der Waals surface area contributed by atoms with E-state index in [-0.39, 0.29) is 12.0 Å². The molecule has 0 radical (unpaired) electrons. The molecule has 3 aromatic carbocycles. The molecule has 4 rings (SSSR count). The van der Waals surface area contributed by atoms with Crippen LogP contribution in [0.15, 0.2) is 71.7 Å². The molecule has 1 heterocycles. The van der Waals surface area contributed by atoms with Gasteiger partial charge in [0.05, 0.1) is 27.0 Å². The molecular formula is C25H25NO4. The Kier molecular flexibility index (Phi) is 5.61. The highest BCUT2D eigenvalue weighted by Crippen LogP contribution is 2.44. The monoisotopic (exact) mass is 403 g/mol. The molecule has 0 saturated heterocycles. The highest BCUT2D eigenvalue weighted by molar-refractivity contribution is 5.96. The van der Waals surface area contributed by atoms with Crippen LogP contribution in [-0.4, -0.2) is 27.2 Å². The quantitative estimate of drug-likeness (QED) is 0.551. The molecule has 0 fully saturated rings. The van der Waals surface area contributed by atoms with Crippen molar-refractivity contribution in [3.63, 3.8) is 0 Å². The van der Waals surface area contributed by atoms with Crippen molar-refractivity contribution in [3.8, 4) is 17.2 Å². The molecule has 0 unspecified atom stereocenters. The van der Waals surface area contributed by atoms with E-state index in [9.17, 15) is 0 Å². The maximum atomic E-state index is 6.54. The molecule has 1 aliphatic rings. The second-order valence-electron chi connectivity index (χ2n) is 7.15. The number of hydrogen-bond donors (Lipinski definition) is 0. The minimum Gasteiger partial charge on any atom is -0.497 e. The Hall–Kier alpha value is -3.47. The van der Waals surface area contributed by atoms with Crippen LogP contribution in [0.5, 0.6) is 17.2 Å². The van der Waals surface area contributed by atoms with E-state index in [0.29, 0.717) is 17.4 Å². The van der Waals surface area contributed by atoms with Crippen molar-refractivity contribution in [3.05, 3.63) is 83.4 Å². The molecular weight excluding hydrogens is 378 g/mol. The zero-order valence-electron chi connectivity index (χ0n) is 17.6. The van der Waals surface area contributed by atoms with Crippen LogP contribution in [0, 0.1) is 0 Å². The van der Waals surface area contributed by atoms with E-state index in [1.165, 1.54) is 0 Å². The van der Waals surface area contributed by atoms with Crippen molar-refractivity contribution in [2.75, 3.05) is 21.3 Å². The Morgan fingerprint density at radius 3 is 2.27 bits per heavy atom. The minimum absolute atomic E-state index is 0.0261. The van der Waals surface area contributed by atoms with Crippen LogP contribution in [-0.2, 0) is 4.74 Å². The molecule has 30 heavy (non-hydrogen) atoms. The second-order valence-corrected chi connectivity index (χ2v) is 7.15. The van der Waals surface area contributed by atoms with Crippen LogP contribution in [0.2, 0.25) is 0 Å². The number of benzene rings is 3. The summed E-state index contributed by atoms with van der Waals surface area (Å²) in [5.74, 6) is 2.76. The SMILES string of the molecule is COc1ccc2c(c1)[C@H](C)[C@@H](c1ccc(OC)c(OC)c1)OC(c1ccccc1)=N2. The highest BCUT2D eigenvalue weighted by atomic mass is 16.5. The molecule has 0 amide bonds. The van der Waals surface area contributed by atoms with Gasteiger partial charge in [0.25, 0.3) is 0 Å². The van der Waals surface area contributed by atoms with Gasteiger partial charge in [0.2, 0.25) is 5.90 Å². The molecule has 1 aliphatic heterocycles. The standard InChI is InChI=1S/C25H25NO4/c1-16-20-15-19(27-2)11-12-21(20)26-25(17-8-6-5-7-9-17)30-24(16)18-10-13-22(28-3)23(14-18)29-4/h5-16,24H,1-4H3/t16-,24-/m0/s1. The Bertz CT molecular complexity index is 1060. The van der Waals surface area contributed by atoms with Crippen molar-refractivity contribution in [1.82, 2.24) is 0 Å². The summed E-state index contributed by atoms with van der Waals surface area (Å²) in [7, 11) is 4.94. The van der Waals surface area contributed by atoms with Crippen molar-refractivity contribution in [2.45, 2.75) is 18.9 Å². The molecule has 5 nitrogen and oxygen atoms in total. The third kappa shape index (κ3) is 3.71. The Morgan fingerprint density at radius 2 is 1.57 bits per heavy atom. The summed E-state index contributed by atoms with van der Waals surface area (Å²) in [6.07, 6.45) is -0.267. The fourth-order valence-electron chi connectivity index (χ4n) is 3.75. The van der Waals surface area contributed by atoms with E-state index in [1.54, 1.807) is 21.3 Å². The maximum Gasteiger partial charge on any atom is 0.221 e. The van der Waals surface area contributed by atoms with Crippen LogP contribution in [0.1, 0.15) is 35.6 Å². The first-order valence-corrected chi connectivity index (χ1v) is 9.85. The van der Waals surface area contributed by atoms with Crippen LogP contribution in [0.3, 0.4) is 0 Å². The van der Waals surface area contributed by atoms with Crippen LogP contribution >= 0.6 is 0 Å². The van der Waals surface area contributed by atoms with Gasteiger partial charge in [0.1, 0.15) is 11.9 Å². The van der Waals surface area contributed by atoms with E-state index < -0.39 is 0 Å². The van der Waals surface area contributed by atoms with E-state index >= 15 is 0 Å². The smallest absolute Gasteiger partial charge is 0.221 e. The molecule has 0 bridgehead atoms. The van der Waals surface area contributed by atoms with Gasteiger partial charge < -0.3 is 18.9 Å². The largest absolute Gasteiger partial charge is 0.497 e. The maximum absolute atomic E-state index is 6.54. The van der Waals surface area contributed by atoms with Gasteiger partial charge in [-0.25, -0.2) is 4.99 Å². The van der Waals surface area contributed by atoms with Gasteiger partial charge in [0, 0.05) is 11.5 Å². The molecule has 0 saturated carbocycles. The predicted octanol–water partition coefficient (Wildman–Crippen LogP) is 5.67. The van der Waals surface area contributed by atoms with Gasteiger partial charge in [-0.2, -0.15) is 0 Å². The summed E-state index contributed by atoms with van der Waals surface area (Å²) >= 11 is 0. The average Bonchev–Trinajstić information content (AvgIpc) is 2.95. The molecule has 154 valence electrons.